The summed E-state index contributed by atoms with van der Waals surface area (Å²) in [5, 5.41) is 8.97. The molecule has 0 saturated heterocycles. The topological polar surface area (TPSA) is 55.8 Å². The fraction of sp³-hybridized carbons (Fsp3) is 0.462. The van der Waals surface area contributed by atoms with Crippen LogP contribution in [-0.2, 0) is 11.2 Å². The van der Waals surface area contributed by atoms with Gasteiger partial charge >= 0.3 is 12.3 Å². The van der Waals surface area contributed by atoms with Gasteiger partial charge in [0.2, 0.25) is 0 Å². The molecule has 0 saturated carbocycles. The second-order valence-corrected chi connectivity index (χ2v) is 4.17. The summed E-state index contributed by atoms with van der Waals surface area (Å²) in [4.78, 5) is 11.0. The molecule has 0 aromatic heterocycles. The number of hydrogen-bond donors (Lipinski definition) is 1. The maximum atomic E-state index is 12.4. The molecule has 1 aromatic carbocycles. The minimum Gasteiger partial charge on any atom is -0.497 e. The lowest BCUT2D eigenvalue weighted by atomic mass is 9.96. The molecule has 0 heterocycles. The van der Waals surface area contributed by atoms with Crippen molar-refractivity contribution in [3.8, 4) is 11.5 Å². The van der Waals surface area contributed by atoms with E-state index in [9.17, 15) is 18.0 Å². The molecule has 0 aliphatic rings. The number of hydrogen-bond acceptors (Lipinski definition) is 3. The highest BCUT2D eigenvalue weighted by Crippen LogP contribution is 2.32. The largest absolute Gasteiger partial charge is 0.573 e. The lowest BCUT2D eigenvalue weighted by Crippen LogP contribution is -2.20. The molecule has 4 nitrogen and oxygen atoms in total. The van der Waals surface area contributed by atoms with Crippen molar-refractivity contribution in [1.29, 1.82) is 0 Å². The third kappa shape index (κ3) is 4.64. The SMILES string of the molecule is CCC(Cc1ccc(OC)cc1OC(F)(F)F)C(=O)O. The number of carbonyl (C=O) groups is 1. The molecule has 1 aromatic rings. The normalized spacial score (nSPS) is 12.8. The Bertz CT molecular complexity index is 471. The minimum absolute atomic E-state index is 0.0404. The first-order valence-corrected chi connectivity index (χ1v) is 5.92. The van der Waals surface area contributed by atoms with Crippen LogP contribution in [0.3, 0.4) is 0 Å². The Balaban J connectivity index is 3.07. The predicted octanol–water partition coefficient (Wildman–Crippen LogP) is 3.25. The fourth-order valence-electron chi connectivity index (χ4n) is 1.72. The molecule has 1 rings (SSSR count). The quantitative estimate of drug-likeness (QED) is 0.874. The number of methoxy groups -OCH3 is 1. The monoisotopic (exact) mass is 292 g/mol. The molecule has 1 unspecified atom stereocenters. The van der Waals surface area contributed by atoms with Gasteiger partial charge in [-0.05, 0) is 24.5 Å². The molecule has 1 N–H and O–H groups in total. The lowest BCUT2D eigenvalue weighted by molar-refractivity contribution is -0.274. The zero-order valence-corrected chi connectivity index (χ0v) is 11.0. The highest BCUT2D eigenvalue weighted by atomic mass is 19.4. The highest BCUT2D eigenvalue weighted by molar-refractivity contribution is 5.70. The molecule has 0 bridgehead atoms. The molecule has 0 spiro atoms. The Morgan fingerprint density at radius 1 is 1.40 bits per heavy atom. The van der Waals surface area contributed by atoms with Crippen LogP contribution in [0.4, 0.5) is 13.2 Å². The number of halogens is 3. The van der Waals surface area contributed by atoms with Gasteiger partial charge in [-0.25, -0.2) is 0 Å². The van der Waals surface area contributed by atoms with Crippen LogP contribution in [-0.4, -0.2) is 24.5 Å². The Kier molecular flexibility index (Phi) is 5.24. The zero-order valence-electron chi connectivity index (χ0n) is 11.0. The van der Waals surface area contributed by atoms with Crippen molar-refractivity contribution in [3.63, 3.8) is 0 Å². The van der Waals surface area contributed by atoms with Crippen molar-refractivity contribution in [2.75, 3.05) is 7.11 Å². The number of carboxylic acids is 1. The molecule has 0 radical (unpaired) electrons. The first kappa shape index (κ1) is 16.1. The van der Waals surface area contributed by atoms with Crippen molar-refractivity contribution in [3.05, 3.63) is 23.8 Å². The first-order chi connectivity index (χ1) is 9.26. The summed E-state index contributed by atoms with van der Waals surface area (Å²) in [7, 11) is 1.32. The Labute approximate surface area is 114 Å². The Hall–Kier alpha value is -1.92. The van der Waals surface area contributed by atoms with E-state index in [4.69, 9.17) is 9.84 Å². The number of benzene rings is 1. The molecule has 0 aliphatic heterocycles. The minimum atomic E-state index is -4.84. The van der Waals surface area contributed by atoms with Crippen molar-refractivity contribution in [1.82, 2.24) is 0 Å². The van der Waals surface area contributed by atoms with Crippen molar-refractivity contribution in [2.24, 2.45) is 5.92 Å². The maximum Gasteiger partial charge on any atom is 0.573 e. The van der Waals surface area contributed by atoms with Crippen LogP contribution >= 0.6 is 0 Å². The molecule has 112 valence electrons. The molecular weight excluding hydrogens is 277 g/mol. The van der Waals surface area contributed by atoms with Gasteiger partial charge < -0.3 is 14.6 Å². The van der Waals surface area contributed by atoms with Crippen LogP contribution in [0.15, 0.2) is 18.2 Å². The molecule has 20 heavy (non-hydrogen) atoms. The van der Waals surface area contributed by atoms with Gasteiger partial charge in [0.25, 0.3) is 0 Å². The first-order valence-electron chi connectivity index (χ1n) is 5.92. The Morgan fingerprint density at radius 3 is 2.50 bits per heavy atom. The molecule has 0 amide bonds. The Morgan fingerprint density at radius 2 is 2.05 bits per heavy atom. The van der Waals surface area contributed by atoms with Gasteiger partial charge in [0.15, 0.2) is 0 Å². The van der Waals surface area contributed by atoms with Gasteiger partial charge in [-0.15, -0.1) is 13.2 Å². The van der Waals surface area contributed by atoms with Gasteiger partial charge in [-0.1, -0.05) is 13.0 Å². The van der Waals surface area contributed by atoms with E-state index in [0.717, 1.165) is 6.07 Å². The molecule has 0 aliphatic carbocycles. The van der Waals surface area contributed by atoms with Crippen molar-refractivity contribution in [2.45, 2.75) is 26.1 Å². The maximum absolute atomic E-state index is 12.4. The van der Waals surface area contributed by atoms with E-state index in [1.54, 1.807) is 6.92 Å². The zero-order chi connectivity index (χ0) is 15.3. The molecule has 7 heteroatoms. The van der Waals surface area contributed by atoms with Crippen LogP contribution in [0, 0.1) is 5.92 Å². The number of rotatable bonds is 6. The third-order valence-corrected chi connectivity index (χ3v) is 2.81. The van der Waals surface area contributed by atoms with Crippen LogP contribution in [0.1, 0.15) is 18.9 Å². The number of alkyl halides is 3. The molecular formula is C13H15F3O4. The molecule has 0 fully saturated rings. The summed E-state index contributed by atoms with van der Waals surface area (Å²) in [6.07, 6.45) is -4.57. The van der Waals surface area contributed by atoms with Crippen LogP contribution in [0.5, 0.6) is 11.5 Å². The predicted molar refractivity (Wildman–Crippen MR) is 64.8 cm³/mol. The van der Waals surface area contributed by atoms with E-state index in [1.165, 1.54) is 19.2 Å². The van der Waals surface area contributed by atoms with Crippen LogP contribution in [0.2, 0.25) is 0 Å². The summed E-state index contributed by atoms with van der Waals surface area (Å²) in [6.45, 7) is 1.66. The third-order valence-electron chi connectivity index (χ3n) is 2.81. The average molecular weight is 292 g/mol. The van der Waals surface area contributed by atoms with E-state index in [1.807, 2.05) is 0 Å². The van der Waals surface area contributed by atoms with Crippen molar-refractivity contribution >= 4 is 5.97 Å². The highest BCUT2D eigenvalue weighted by Gasteiger charge is 2.32. The van der Waals surface area contributed by atoms with Gasteiger partial charge in [0.1, 0.15) is 11.5 Å². The second-order valence-electron chi connectivity index (χ2n) is 4.17. The van der Waals surface area contributed by atoms with Gasteiger partial charge in [-0.2, -0.15) is 0 Å². The van der Waals surface area contributed by atoms with E-state index in [2.05, 4.69) is 4.74 Å². The summed E-state index contributed by atoms with van der Waals surface area (Å²) in [5.74, 6) is -2.05. The second kappa shape index (κ2) is 6.49. The van der Waals surface area contributed by atoms with Gasteiger partial charge in [-0.3, -0.25) is 4.79 Å². The van der Waals surface area contributed by atoms with E-state index in [-0.39, 0.29) is 17.7 Å². The number of ether oxygens (including phenoxy) is 2. The summed E-state index contributed by atoms with van der Waals surface area (Å²) in [6, 6.07) is 3.94. The van der Waals surface area contributed by atoms with Crippen LogP contribution < -0.4 is 9.47 Å². The smallest absolute Gasteiger partial charge is 0.497 e. The summed E-state index contributed by atoms with van der Waals surface area (Å²) < 4.78 is 45.8. The fourth-order valence-corrected chi connectivity index (χ4v) is 1.72. The molecule has 1 atom stereocenters. The van der Waals surface area contributed by atoms with Crippen LogP contribution in [0.25, 0.3) is 0 Å². The summed E-state index contributed by atoms with van der Waals surface area (Å²) in [5.41, 5.74) is 0.178. The van der Waals surface area contributed by atoms with E-state index in [0.29, 0.717) is 6.42 Å². The number of aliphatic carboxylic acids is 1. The summed E-state index contributed by atoms with van der Waals surface area (Å²) >= 11 is 0. The van der Waals surface area contributed by atoms with Gasteiger partial charge in [0, 0.05) is 6.07 Å². The standard InChI is InChI=1S/C13H15F3O4/c1-3-8(12(17)18)6-9-4-5-10(19-2)7-11(9)20-13(14,15)16/h4-5,7-8H,3,6H2,1-2H3,(H,17,18). The van der Waals surface area contributed by atoms with E-state index >= 15 is 0 Å². The van der Waals surface area contributed by atoms with E-state index < -0.39 is 24.0 Å². The lowest BCUT2D eigenvalue weighted by Gasteiger charge is -2.16. The van der Waals surface area contributed by atoms with Crippen molar-refractivity contribution < 1.29 is 32.5 Å². The number of carboxylic acid groups (broad SMARTS) is 1. The average Bonchev–Trinajstić information content (AvgIpc) is 2.34. The van der Waals surface area contributed by atoms with Gasteiger partial charge in [0.05, 0.1) is 13.0 Å².